The molecule has 0 atom stereocenters. The normalized spacial score (nSPS) is 10.3. The second kappa shape index (κ2) is 4.13. The fraction of sp³-hybridized carbons (Fsp3) is 0.100. The topological polar surface area (TPSA) is 29.9 Å². The molecule has 15 heavy (non-hydrogen) atoms. The van der Waals surface area contributed by atoms with Crippen LogP contribution in [0.1, 0.15) is 0 Å². The van der Waals surface area contributed by atoms with Gasteiger partial charge in [0.1, 0.15) is 6.33 Å². The van der Waals surface area contributed by atoms with Crippen molar-refractivity contribution in [3.05, 3.63) is 40.9 Å². The number of anilines is 1. The number of imidazole rings is 1. The van der Waals surface area contributed by atoms with Gasteiger partial charge in [0.25, 0.3) is 0 Å². The van der Waals surface area contributed by atoms with Crippen molar-refractivity contribution >= 4 is 28.9 Å². The van der Waals surface area contributed by atoms with E-state index >= 15 is 0 Å². The Morgan fingerprint density at radius 1 is 1.20 bits per heavy atom. The average Bonchev–Trinajstić information content (AvgIpc) is 2.60. The summed E-state index contributed by atoms with van der Waals surface area (Å²) in [4.78, 5) is 3.92. The molecule has 0 radical (unpaired) electrons. The first kappa shape index (κ1) is 10.3. The summed E-state index contributed by atoms with van der Waals surface area (Å²) in [5, 5.41) is 3.78. The molecule has 1 aromatic carbocycles. The highest BCUT2D eigenvalue weighted by Gasteiger charge is 2.07. The van der Waals surface area contributed by atoms with E-state index in [1.165, 1.54) is 0 Å². The molecule has 0 aliphatic carbocycles. The molecule has 1 N–H and O–H groups in total. The zero-order valence-corrected chi connectivity index (χ0v) is 9.55. The maximum absolute atomic E-state index is 5.97. The van der Waals surface area contributed by atoms with Crippen molar-refractivity contribution in [2.75, 3.05) is 12.4 Å². The van der Waals surface area contributed by atoms with Gasteiger partial charge in [0.05, 0.1) is 0 Å². The summed E-state index contributed by atoms with van der Waals surface area (Å²) in [6, 6.07) is 7.80. The molecule has 78 valence electrons. The van der Waals surface area contributed by atoms with Crippen LogP contribution in [0.5, 0.6) is 0 Å². The Balaban J connectivity index is 2.41. The zero-order chi connectivity index (χ0) is 10.8. The minimum absolute atomic E-state index is 0.314. The molecule has 1 aromatic heterocycles. The lowest BCUT2D eigenvalue weighted by atomic mass is 10.3. The van der Waals surface area contributed by atoms with Crippen molar-refractivity contribution in [2.45, 2.75) is 0 Å². The highest BCUT2D eigenvalue weighted by atomic mass is 35.5. The molecule has 0 aliphatic heterocycles. The fourth-order valence-electron chi connectivity index (χ4n) is 1.28. The summed E-state index contributed by atoms with van der Waals surface area (Å²) in [5.41, 5.74) is 1.97. The standard InChI is InChI=1S/C10H9Cl2N3/c1-13-7-2-4-8(5-3-7)15-6-14-9(11)10(15)12/h2-6,13H,1H3. The first-order valence-electron chi connectivity index (χ1n) is 4.39. The van der Waals surface area contributed by atoms with Gasteiger partial charge in [-0.15, -0.1) is 0 Å². The fourth-order valence-corrected chi connectivity index (χ4v) is 1.61. The van der Waals surface area contributed by atoms with Gasteiger partial charge in [-0.3, -0.25) is 4.57 Å². The number of benzene rings is 1. The molecule has 0 spiro atoms. The SMILES string of the molecule is CNc1ccc(-n2cnc(Cl)c2Cl)cc1. The number of aromatic nitrogens is 2. The van der Waals surface area contributed by atoms with E-state index in [4.69, 9.17) is 23.2 Å². The number of hydrogen-bond acceptors (Lipinski definition) is 2. The summed E-state index contributed by atoms with van der Waals surface area (Å²) in [7, 11) is 1.87. The highest BCUT2D eigenvalue weighted by Crippen LogP contribution is 2.24. The van der Waals surface area contributed by atoms with Crippen molar-refractivity contribution < 1.29 is 0 Å². The van der Waals surface area contributed by atoms with E-state index in [0.29, 0.717) is 10.3 Å². The van der Waals surface area contributed by atoms with E-state index in [1.54, 1.807) is 10.9 Å². The van der Waals surface area contributed by atoms with Crippen LogP contribution < -0.4 is 5.32 Å². The monoisotopic (exact) mass is 241 g/mol. The molecule has 0 aliphatic rings. The number of rotatable bonds is 2. The van der Waals surface area contributed by atoms with Crippen LogP contribution in [-0.4, -0.2) is 16.6 Å². The Labute approximate surface area is 97.6 Å². The second-order valence-electron chi connectivity index (χ2n) is 2.99. The predicted octanol–water partition coefficient (Wildman–Crippen LogP) is 3.22. The lowest BCUT2D eigenvalue weighted by Crippen LogP contribution is -1.93. The molecule has 0 amide bonds. The van der Waals surface area contributed by atoms with E-state index in [0.717, 1.165) is 11.4 Å². The Bertz CT molecular complexity index is 462. The largest absolute Gasteiger partial charge is 0.388 e. The van der Waals surface area contributed by atoms with Crippen LogP contribution in [0, 0.1) is 0 Å². The minimum Gasteiger partial charge on any atom is -0.388 e. The van der Waals surface area contributed by atoms with Crippen LogP contribution in [0.25, 0.3) is 5.69 Å². The first-order chi connectivity index (χ1) is 7.22. The van der Waals surface area contributed by atoms with Crippen LogP contribution in [-0.2, 0) is 0 Å². The van der Waals surface area contributed by atoms with Crippen LogP contribution >= 0.6 is 23.2 Å². The van der Waals surface area contributed by atoms with E-state index in [9.17, 15) is 0 Å². The van der Waals surface area contributed by atoms with Crippen molar-refractivity contribution in [2.24, 2.45) is 0 Å². The molecule has 0 bridgehead atoms. The van der Waals surface area contributed by atoms with Crippen LogP contribution in [0.2, 0.25) is 10.3 Å². The Morgan fingerprint density at radius 3 is 2.33 bits per heavy atom. The van der Waals surface area contributed by atoms with Crippen molar-refractivity contribution in [1.82, 2.24) is 9.55 Å². The van der Waals surface area contributed by atoms with Gasteiger partial charge < -0.3 is 5.32 Å². The van der Waals surface area contributed by atoms with Gasteiger partial charge in [0.15, 0.2) is 10.3 Å². The average molecular weight is 242 g/mol. The lowest BCUT2D eigenvalue weighted by Gasteiger charge is -2.05. The second-order valence-corrected chi connectivity index (χ2v) is 3.71. The van der Waals surface area contributed by atoms with Gasteiger partial charge in [0.2, 0.25) is 0 Å². The van der Waals surface area contributed by atoms with Gasteiger partial charge in [-0.05, 0) is 24.3 Å². The molecular weight excluding hydrogens is 233 g/mol. The smallest absolute Gasteiger partial charge is 0.166 e. The predicted molar refractivity (Wildman–Crippen MR) is 63.1 cm³/mol. The Kier molecular flexibility index (Phi) is 2.84. The van der Waals surface area contributed by atoms with Gasteiger partial charge in [0, 0.05) is 18.4 Å². The summed E-state index contributed by atoms with van der Waals surface area (Å²) >= 11 is 11.7. The van der Waals surface area contributed by atoms with Crippen LogP contribution in [0.3, 0.4) is 0 Å². The zero-order valence-electron chi connectivity index (χ0n) is 8.04. The lowest BCUT2D eigenvalue weighted by molar-refractivity contribution is 1.06. The summed E-state index contributed by atoms with van der Waals surface area (Å²) < 4.78 is 1.73. The van der Waals surface area contributed by atoms with Gasteiger partial charge in [-0.1, -0.05) is 23.2 Å². The number of nitrogens with one attached hydrogen (secondary N) is 1. The van der Waals surface area contributed by atoms with E-state index in [1.807, 2.05) is 31.3 Å². The molecule has 0 saturated heterocycles. The van der Waals surface area contributed by atoms with Crippen molar-refractivity contribution in [3.8, 4) is 5.69 Å². The maximum Gasteiger partial charge on any atom is 0.166 e. The molecular formula is C10H9Cl2N3. The summed E-state index contributed by atoms with van der Waals surface area (Å²) in [6.07, 6.45) is 1.60. The van der Waals surface area contributed by atoms with Crippen molar-refractivity contribution in [1.29, 1.82) is 0 Å². The molecule has 5 heteroatoms. The van der Waals surface area contributed by atoms with E-state index in [2.05, 4.69) is 10.3 Å². The molecule has 0 saturated carbocycles. The number of nitrogens with zero attached hydrogens (tertiary/aromatic N) is 2. The minimum atomic E-state index is 0.314. The quantitative estimate of drug-likeness (QED) is 0.876. The summed E-state index contributed by atoms with van der Waals surface area (Å²) in [5.74, 6) is 0. The van der Waals surface area contributed by atoms with Crippen LogP contribution in [0.4, 0.5) is 5.69 Å². The first-order valence-corrected chi connectivity index (χ1v) is 5.14. The van der Waals surface area contributed by atoms with E-state index < -0.39 is 0 Å². The van der Waals surface area contributed by atoms with Gasteiger partial charge >= 0.3 is 0 Å². The molecule has 2 rings (SSSR count). The third kappa shape index (κ3) is 1.94. The van der Waals surface area contributed by atoms with Gasteiger partial charge in [-0.2, -0.15) is 0 Å². The maximum atomic E-state index is 5.97. The van der Waals surface area contributed by atoms with Crippen molar-refractivity contribution in [3.63, 3.8) is 0 Å². The third-order valence-electron chi connectivity index (χ3n) is 2.10. The highest BCUT2D eigenvalue weighted by molar-refractivity contribution is 6.40. The molecule has 2 aromatic rings. The van der Waals surface area contributed by atoms with E-state index in [-0.39, 0.29) is 0 Å². The number of halogens is 2. The third-order valence-corrected chi connectivity index (χ3v) is 2.84. The molecule has 0 unspecified atom stereocenters. The molecule has 3 nitrogen and oxygen atoms in total. The summed E-state index contributed by atoms with van der Waals surface area (Å²) in [6.45, 7) is 0. The molecule has 1 heterocycles. The van der Waals surface area contributed by atoms with Crippen LogP contribution in [0.15, 0.2) is 30.6 Å². The number of hydrogen-bond donors (Lipinski definition) is 1. The van der Waals surface area contributed by atoms with Gasteiger partial charge in [-0.25, -0.2) is 4.98 Å². The Hall–Kier alpha value is -1.19. The Morgan fingerprint density at radius 2 is 1.87 bits per heavy atom. The molecule has 0 fully saturated rings.